The topological polar surface area (TPSA) is 52.3 Å². The molecule has 1 aromatic heterocycles. The first-order valence-corrected chi connectivity index (χ1v) is 5.36. The van der Waals surface area contributed by atoms with Crippen molar-refractivity contribution >= 4 is 22.2 Å². The van der Waals surface area contributed by atoms with E-state index < -0.39 is 0 Å². The van der Waals surface area contributed by atoms with Crippen molar-refractivity contribution in [2.45, 2.75) is 6.61 Å². The van der Waals surface area contributed by atoms with E-state index in [2.05, 4.69) is 21.1 Å². The van der Waals surface area contributed by atoms with Gasteiger partial charge in [-0.1, -0.05) is 5.16 Å². The molecular weight excluding hydrogens is 274 g/mol. The summed E-state index contributed by atoms with van der Waals surface area (Å²) in [7, 11) is 0. The van der Waals surface area contributed by atoms with Crippen LogP contribution in [0.5, 0.6) is 5.75 Å². The molecule has 0 radical (unpaired) electrons. The number of benzene rings is 1. The zero-order valence-electron chi connectivity index (χ0n) is 8.22. The summed E-state index contributed by atoms with van der Waals surface area (Å²) in [6.07, 6.45) is 2.34. The lowest BCUT2D eigenvalue weighted by Gasteiger charge is -2.06. The minimum Gasteiger partial charge on any atom is -0.484 e. The average molecular weight is 282 g/mol. The number of aromatic nitrogens is 1. The number of carbonyl (C=O) groups is 1. The first-order chi connectivity index (χ1) is 7.79. The lowest BCUT2D eigenvalue weighted by atomic mass is 10.2. The molecule has 0 aliphatic rings. The molecule has 0 bridgehead atoms. The van der Waals surface area contributed by atoms with E-state index in [0.717, 1.165) is 10.8 Å². The van der Waals surface area contributed by atoms with Crippen molar-refractivity contribution in [1.82, 2.24) is 5.16 Å². The van der Waals surface area contributed by atoms with Crippen molar-refractivity contribution in [1.29, 1.82) is 0 Å². The monoisotopic (exact) mass is 281 g/mol. The van der Waals surface area contributed by atoms with E-state index in [4.69, 9.17) is 9.26 Å². The molecule has 0 spiro atoms. The Kier molecular flexibility index (Phi) is 3.36. The molecule has 0 saturated carbocycles. The maximum atomic E-state index is 10.5. The summed E-state index contributed by atoms with van der Waals surface area (Å²) >= 11 is 3.32. The Morgan fingerprint density at radius 3 is 2.94 bits per heavy atom. The fourth-order valence-electron chi connectivity index (χ4n) is 1.17. The minimum absolute atomic E-state index is 0.305. The van der Waals surface area contributed by atoms with Crippen LogP contribution in [0.3, 0.4) is 0 Å². The Balaban J connectivity index is 2.07. The molecule has 0 amide bonds. The van der Waals surface area contributed by atoms with E-state index in [0.29, 0.717) is 23.7 Å². The number of ether oxygens (including phenoxy) is 1. The highest BCUT2D eigenvalue weighted by atomic mass is 79.9. The molecular formula is C11H8BrNO3. The van der Waals surface area contributed by atoms with Gasteiger partial charge in [0, 0.05) is 11.6 Å². The van der Waals surface area contributed by atoms with Gasteiger partial charge in [-0.2, -0.15) is 0 Å². The second kappa shape index (κ2) is 4.94. The highest BCUT2D eigenvalue weighted by Crippen LogP contribution is 2.26. The van der Waals surface area contributed by atoms with E-state index >= 15 is 0 Å². The SMILES string of the molecule is O=Cc1ccc(OCc2ccno2)c(Br)c1. The Morgan fingerprint density at radius 2 is 2.31 bits per heavy atom. The van der Waals surface area contributed by atoms with Crippen molar-refractivity contribution < 1.29 is 14.1 Å². The lowest BCUT2D eigenvalue weighted by Crippen LogP contribution is -1.95. The molecule has 1 aromatic carbocycles. The first kappa shape index (κ1) is 10.9. The summed E-state index contributed by atoms with van der Waals surface area (Å²) in [4.78, 5) is 10.5. The van der Waals surface area contributed by atoms with Crippen LogP contribution in [-0.2, 0) is 6.61 Å². The summed E-state index contributed by atoms with van der Waals surface area (Å²) < 4.78 is 11.1. The molecule has 0 saturated heterocycles. The lowest BCUT2D eigenvalue weighted by molar-refractivity contribution is 0.112. The van der Waals surface area contributed by atoms with Gasteiger partial charge in [-0.25, -0.2) is 0 Å². The van der Waals surface area contributed by atoms with Crippen LogP contribution in [0.4, 0.5) is 0 Å². The van der Waals surface area contributed by atoms with Crippen LogP contribution in [0.25, 0.3) is 0 Å². The Hall–Kier alpha value is -1.62. The van der Waals surface area contributed by atoms with Crippen LogP contribution in [-0.4, -0.2) is 11.4 Å². The van der Waals surface area contributed by atoms with Gasteiger partial charge in [0.2, 0.25) is 0 Å². The van der Waals surface area contributed by atoms with Crippen LogP contribution < -0.4 is 4.74 Å². The summed E-state index contributed by atoms with van der Waals surface area (Å²) in [6, 6.07) is 6.84. The first-order valence-electron chi connectivity index (χ1n) is 4.56. The van der Waals surface area contributed by atoms with E-state index in [1.54, 1.807) is 30.5 Å². The third-order valence-electron chi connectivity index (χ3n) is 1.95. The molecule has 0 aliphatic carbocycles. The van der Waals surface area contributed by atoms with Gasteiger partial charge in [0.15, 0.2) is 5.76 Å². The second-order valence-corrected chi connectivity index (χ2v) is 3.93. The fraction of sp³-hybridized carbons (Fsp3) is 0.0909. The summed E-state index contributed by atoms with van der Waals surface area (Å²) in [5.74, 6) is 1.30. The number of carbonyl (C=O) groups excluding carboxylic acids is 1. The molecule has 2 rings (SSSR count). The largest absolute Gasteiger partial charge is 0.484 e. The van der Waals surface area contributed by atoms with Gasteiger partial charge in [0.05, 0.1) is 10.7 Å². The molecule has 82 valence electrons. The van der Waals surface area contributed by atoms with Gasteiger partial charge < -0.3 is 9.26 Å². The normalized spacial score (nSPS) is 10.1. The molecule has 0 N–H and O–H groups in total. The Morgan fingerprint density at radius 1 is 1.44 bits per heavy atom. The van der Waals surface area contributed by atoms with Crippen LogP contribution >= 0.6 is 15.9 Å². The number of rotatable bonds is 4. The molecule has 1 heterocycles. The van der Waals surface area contributed by atoms with Gasteiger partial charge in [-0.3, -0.25) is 4.79 Å². The molecule has 0 atom stereocenters. The molecule has 0 fully saturated rings. The van der Waals surface area contributed by atoms with E-state index in [1.807, 2.05) is 0 Å². The number of hydrogen-bond donors (Lipinski definition) is 0. The smallest absolute Gasteiger partial charge is 0.174 e. The van der Waals surface area contributed by atoms with Gasteiger partial charge in [0.25, 0.3) is 0 Å². The molecule has 5 heteroatoms. The van der Waals surface area contributed by atoms with Crippen molar-refractivity contribution in [3.8, 4) is 5.75 Å². The zero-order chi connectivity index (χ0) is 11.4. The summed E-state index contributed by atoms with van der Waals surface area (Å²) in [6.45, 7) is 0.305. The van der Waals surface area contributed by atoms with Crippen LogP contribution in [0.15, 0.2) is 39.5 Å². The van der Waals surface area contributed by atoms with Crippen LogP contribution in [0, 0.1) is 0 Å². The highest BCUT2D eigenvalue weighted by Gasteiger charge is 2.04. The number of hydrogen-bond acceptors (Lipinski definition) is 4. The van der Waals surface area contributed by atoms with E-state index in [1.165, 1.54) is 0 Å². The molecule has 2 aromatic rings. The third kappa shape index (κ3) is 2.49. The van der Waals surface area contributed by atoms with Gasteiger partial charge in [-0.15, -0.1) is 0 Å². The number of nitrogens with zero attached hydrogens (tertiary/aromatic N) is 1. The number of aldehydes is 1. The minimum atomic E-state index is 0.305. The summed E-state index contributed by atoms with van der Waals surface area (Å²) in [5.41, 5.74) is 0.596. The van der Waals surface area contributed by atoms with Crippen LogP contribution in [0.2, 0.25) is 0 Å². The van der Waals surface area contributed by atoms with E-state index in [9.17, 15) is 4.79 Å². The molecule has 0 aliphatic heterocycles. The maximum absolute atomic E-state index is 10.5. The van der Waals surface area contributed by atoms with Gasteiger partial charge in [0.1, 0.15) is 18.6 Å². The Labute approximate surface area is 100 Å². The van der Waals surface area contributed by atoms with Crippen LogP contribution in [0.1, 0.15) is 16.1 Å². The van der Waals surface area contributed by atoms with Gasteiger partial charge in [-0.05, 0) is 34.1 Å². The quantitative estimate of drug-likeness (QED) is 0.809. The van der Waals surface area contributed by atoms with Crippen molar-refractivity contribution in [2.24, 2.45) is 0 Å². The zero-order valence-corrected chi connectivity index (χ0v) is 9.81. The van der Waals surface area contributed by atoms with E-state index in [-0.39, 0.29) is 0 Å². The molecule has 0 unspecified atom stereocenters. The maximum Gasteiger partial charge on any atom is 0.174 e. The standard InChI is InChI=1S/C11H8BrNO3/c12-10-5-8(6-14)1-2-11(10)15-7-9-3-4-13-16-9/h1-6H,7H2. The van der Waals surface area contributed by atoms with Gasteiger partial charge >= 0.3 is 0 Å². The molecule has 16 heavy (non-hydrogen) atoms. The summed E-state index contributed by atoms with van der Waals surface area (Å²) in [5, 5.41) is 3.57. The predicted molar refractivity (Wildman–Crippen MR) is 60.4 cm³/mol. The third-order valence-corrected chi connectivity index (χ3v) is 2.57. The highest BCUT2D eigenvalue weighted by molar-refractivity contribution is 9.10. The molecule has 4 nitrogen and oxygen atoms in total. The average Bonchev–Trinajstić information content (AvgIpc) is 2.80. The predicted octanol–water partition coefficient (Wildman–Crippen LogP) is 2.83. The Bertz CT molecular complexity index is 482. The fourth-order valence-corrected chi connectivity index (χ4v) is 1.68. The van der Waals surface area contributed by atoms with Crippen molar-refractivity contribution in [3.05, 3.63) is 46.3 Å². The van der Waals surface area contributed by atoms with Crippen molar-refractivity contribution in [2.75, 3.05) is 0 Å². The van der Waals surface area contributed by atoms with Crippen molar-refractivity contribution in [3.63, 3.8) is 0 Å². The second-order valence-electron chi connectivity index (χ2n) is 3.08. The number of halogens is 1.